The van der Waals surface area contributed by atoms with Gasteiger partial charge in [-0.25, -0.2) is 0 Å². The summed E-state index contributed by atoms with van der Waals surface area (Å²) in [4.78, 5) is 20.1. The number of carbonyl (C=O) groups is 2. The summed E-state index contributed by atoms with van der Waals surface area (Å²) >= 11 is 7.00. The predicted molar refractivity (Wildman–Crippen MR) is 40.8 cm³/mol. The number of carboxylic acids is 2. The first-order chi connectivity index (χ1) is 4.46. The van der Waals surface area contributed by atoms with Crippen molar-refractivity contribution in [3.63, 3.8) is 0 Å². The largest absolute Gasteiger partial charge is 5.00 e. The molecule has 0 aliphatic heterocycles. The number of aliphatic carboxylic acids is 2. The van der Waals surface area contributed by atoms with Crippen LogP contribution in [0.25, 0.3) is 0 Å². The van der Waals surface area contributed by atoms with Crippen LogP contribution in [0.3, 0.4) is 0 Å². The van der Waals surface area contributed by atoms with Gasteiger partial charge in [0.2, 0.25) is 0 Å². The molecule has 60 valence electrons. The molecule has 11 heavy (non-hydrogen) atoms. The Labute approximate surface area is 87.5 Å². The summed E-state index contributed by atoms with van der Waals surface area (Å²) in [6.45, 7) is 0. The van der Waals surface area contributed by atoms with Gasteiger partial charge in [-0.1, -0.05) is 0 Å². The molecule has 4 nitrogen and oxygen atoms in total. The maximum atomic E-state index is 10.1. The van der Waals surface area contributed by atoms with Gasteiger partial charge in [0, 0.05) is 0 Å². The van der Waals surface area contributed by atoms with Crippen molar-refractivity contribution in [1.82, 2.24) is 0 Å². The number of thiol groups is 2. The van der Waals surface area contributed by atoms with Crippen LogP contribution in [0.1, 0.15) is 0 Å². The van der Waals surface area contributed by atoms with E-state index in [9.17, 15) is 9.59 Å². The third kappa shape index (κ3) is 4.68. The first kappa shape index (κ1) is 13.9. The van der Waals surface area contributed by atoms with E-state index >= 15 is 0 Å². The van der Waals surface area contributed by atoms with Crippen LogP contribution in [0.15, 0.2) is 0 Å². The zero-order chi connectivity index (χ0) is 8.31. The van der Waals surface area contributed by atoms with Crippen LogP contribution in [0.4, 0.5) is 0 Å². The minimum Gasteiger partial charge on any atom is -0.480 e. The second-order valence-electron chi connectivity index (χ2n) is 1.57. The van der Waals surface area contributed by atoms with Gasteiger partial charge in [-0.15, -0.1) is 0 Å². The van der Waals surface area contributed by atoms with Gasteiger partial charge >= 0.3 is 32.0 Å². The fourth-order valence-electron chi connectivity index (χ4n) is 0.270. The van der Waals surface area contributed by atoms with Gasteiger partial charge in [-0.2, -0.15) is 25.3 Å². The zero-order valence-electron chi connectivity index (χ0n) is 5.14. The number of carboxylic acid groups (broad SMARTS) is 2. The van der Waals surface area contributed by atoms with Crippen LogP contribution in [0.2, 0.25) is 0 Å². The fraction of sp³-hybridized carbons (Fsp3) is 0.500. The molecule has 0 amide bonds. The van der Waals surface area contributed by atoms with E-state index in [0.717, 1.165) is 0 Å². The van der Waals surface area contributed by atoms with Crippen molar-refractivity contribution >= 4 is 37.2 Å². The predicted octanol–water partition coefficient (Wildman–Crippen LogP) is -0.250. The molecule has 0 aromatic rings. The topological polar surface area (TPSA) is 74.6 Å². The van der Waals surface area contributed by atoms with E-state index in [0.29, 0.717) is 0 Å². The van der Waals surface area contributed by atoms with E-state index in [-0.39, 0.29) is 20.1 Å². The molecule has 0 rings (SSSR count). The molecule has 2 N–H and O–H groups in total. The Balaban J connectivity index is 0. The normalized spacial score (nSPS) is 14.4. The second-order valence-corrected chi connectivity index (χ2v) is 2.68. The monoisotopic (exact) mass is 281 g/mol. The standard InChI is InChI=1S/C4H6O4S2.Tc/c5-3(6)1(9)2(10)4(7)8;/h1-2,9-10H,(H,5,6)(H,7,8);/q;+5/i;1+1. The Morgan fingerprint density at radius 1 is 1.00 bits per heavy atom. The van der Waals surface area contributed by atoms with Crippen LogP contribution < -0.4 is 0 Å². The Bertz CT molecular complexity index is 144. The van der Waals surface area contributed by atoms with Gasteiger partial charge in [-0.3, -0.25) is 9.59 Å². The molecular weight excluding hydrogens is 275 g/mol. The SMILES string of the molecule is O=C(O)C(S)C(S)C(=O)O.[99Tc+5]. The maximum Gasteiger partial charge on any atom is 5.00 e. The summed E-state index contributed by atoms with van der Waals surface area (Å²) < 4.78 is 0. The molecule has 0 aromatic carbocycles. The number of hydrogen-bond acceptors (Lipinski definition) is 4. The van der Waals surface area contributed by atoms with E-state index in [2.05, 4.69) is 25.3 Å². The van der Waals surface area contributed by atoms with Crippen molar-refractivity contribution in [2.24, 2.45) is 0 Å². The van der Waals surface area contributed by atoms with E-state index in [1.165, 1.54) is 0 Å². The molecule has 7 heteroatoms. The van der Waals surface area contributed by atoms with E-state index in [1.54, 1.807) is 0 Å². The van der Waals surface area contributed by atoms with Crippen molar-refractivity contribution in [3.05, 3.63) is 0 Å². The summed E-state index contributed by atoms with van der Waals surface area (Å²) in [5, 5.41) is 13.9. The first-order valence-electron chi connectivity index (χ1n) is 2.28. The van der Waals surface area contributed by atoms with Crippen LogP contribution >= 0.6 is 25.3 Å². The summed E-state index contributed by atoms with van der Waals surface area (Å²) in [5.74, 6) is -2.57. The molecular formula is C4H6O4S2Tc+5. The van der Waals surface area contributed by atoms with Crippen molar-refractivity contribution in [2.75, 3.05) is 0 Å². The van der Waals surface area contributed by atoms with Gasteiger partial charge in [0.15, 0.2) is 0 Å². The average molecular weight is 281 g/mol. The third-order valence-electron chi connectivity index (χ3n) is 0.805. The molecule has 0 saturated carbocycles. The second kappa shape index (κ2) is 5.88. The van der Waals surface area contributed by atoms with Crippen LogP contribution in [-0.2, 0) is 29.7 Å². The number of rotatable bonds is 3. The molecule has 0 aliphatic rings. The quantitative estimate of drug-likeness (QED) is 0.538. The van der Waals surface area contributed by atoms with Crippen LogP contribution in [0, 0.1) is 0 Å². The van der Waals surface area contributed by atoms with E-state index in [4.69, 9.17) is 10.2 Å². The Morgan fingerprint density at radius 2 is 1.18 bits per heavy atom. The van der Waals surface area contributed by atoms with Crippen LogP contribution in [-0.4, -0.2) is 32.7 Å². The molecule has 0 heterocycles. The first-order valence-corrected chi connectivity index (χ1v) is 3.32. The smallest absolute Gasteiger partial charge is 0.480 e. The Hall–Kier alpha value is 0.289. The Morgan fingerprint density at radius 3 is 1.27 bits per heavy atom. The van der Waals surface area contributed by atoms with Crippen molar-refractivity contribution < 1.29 is 39.9 Å². The van der Waals surface area contributed by atoms with Gasteiger partial charge in [0.25, 0.3) is 0 Å². The summed E-state index contributed by atoms with van der Waals surface area (Å²) in [6.07, 6.45) is 0. The Kier molecular flexibility index (Phi) is 7.40. The molecule has 0 aromatic heterocycles. The molecule has 0 radical (unpaired) electrons. The van der Waals surface area contributed by atoms with Gasteiger partial charge in [-0.05, 0) is 0 Å². The summed E-state index contributed by atoms with van der Waals surface area (Å²) in [7, 11) is 0. The number of hydrogen-bond donors (Lipinski definition) is 4. The molecule has 0 saturated heterocycles. The maximum absolute atomic E-state index is 10.1. The van der Waals surface area contributed by atoms with Crippen molar-refractivity contribution in [1.29, 1.82) is 0 Å². The zero-order valence-corrected chi connectivity index (χ0v) is 8.78. The molecule has 0 aliphatic carbocycles. The van der Waals surface area contributed by atoms with Crippen molar-refractivity contribution in [3.8, 4) is 0 Å². The average Bonchev–Trinajstić information content (AvgIpc) is 1.84. The molecule has 0 bridgehead atoms. The van der Waals surface area contributed by atoms with E-state index < -0.39 is 22.4 Å². The molecule has 0 fully saturated rings. The van der Waals surface area contributed by atoms with E-state index in [1.807, 2.05) is 0 Å². The van der Waals surface area contributed by atoms with Gasteiger partial charge < -0.3 is 10.2 Å². The van der Waals surface area contributed by atoms with Gasteiger partial charge in [0.05, 0.1) is 0 Å². The molecule has 2 unspecified atom stereocenters. The minimum atomic E-state index is -1.29. The molecule has 0 spiro atoms. The molecule has 2 atom stereocenters. The fourth-order valence-corrected chi connectivity index (χ4v) is 0.525. The van der Waals surface area contributed by atoms with Crippen LogP contribution in [0.5, 0.6) is 0 Å². The van der Waals surface area contributed by atoms with Gasteiger partial charge in [0.1, 0.15) is 10.5 Å². The van der Waals surface area contributed by atoms with Crippen molar-refractivity contribution in [2.45, 2.75) is 10.5 Å². The third-order valence-corrected chi connectivity index (χ3v) is 2.08. The summed E-state index contributed by atoms with van der Waals surface area (Å²) in [5.41, 5.74) is 0. The summed E-state index contributed by atoms with van der Waals surface area (Å²) in [6, 6.07) is 0. The minimum absolute atomic E-state index is 0.